The average molecular weight is 490 g/mol. The minimum atomic E-state index is -3.84. The summed E-state index contributed by atoms with van der Waals surface area (Å²) in [4.78, 5) is 25.7. The maximum Gasteiger partial charge on any atom is 0.265 e. The monoisotopic (exact) mass is 489 g/mol. The summed E-state index contributed by atoms with van der Waals surface area (Å²) in [5, 5.41) is 7.36. The van der Waals surface area contributed by atoms with E-state index in [2.05, 4.69) is 15.4 Å². The van der Waals surface area contributed by atoms with Gasteiger partial charge in [0.1, 0.15) is 6.04 Å². The lowest BCUT2D eigenvalue weighted by Crippen LogP contribution is -2.44. The summed E-state index contributed by atoms with van der Waals surface area (Å²) in [5.41, 5.74) is 1.09. The summed E-state index contributed by atoms with van der Waals surface area (Å²) < 4.78 is 27.8. The average Bonchev–Trinajstić information content (AvgIpc) is 3.34. The predicted molar refractivity (Wildman–Crippen MR) is 131 cm³/mol. The topological polar surface area (TPSA) is 104 Å². The second kappa shape index (κ2) is 11.3. The number of anilines is 2. The van der Waals surface area contributed by atoms with Crippen LogP contribution in [0.4, 0.5) is 11.4 Å². The minimum Gasteiger partial charge on any atom is -0.325 e. The molecule has 0 aliphatic rings. The normalized spacial score (nSPS) is 12.2. The van der Waals surface area contributed by atoms with Gasteiger partial charge in [-0.1, -0.05) is 24.3 Å². The van der Waals surface area contributed by atoms with Crippen molar-refractivity contribution >= 4 is 56.3 Å². The molecule has 10 heteroatoms. The zero-order valence-electron chi connectivity index (χ0n) is 17.3. The molecule has 0 aliphatic carbocycles. The van der Waals surface area contributed by atoms with E-state index in [0.717, 1.165) is 0 Å². The van der Waals surface area contributed by atoms with Gasteiger partial charge < -0.3 is 10.6 Å². The van der Waals surface area contributed by atoms with Gasteiger partial charge in [-0.3, -0.25) is 9.59 Å². The van der Waals surface area contributed by atoms with Crippen LogP contribution in [0.1, 0.15) is 16.1 Å². The van der Waals surface area contributed by atoms with E-state index in [1.165, 1.54) is 35.2 Å². The standard InChI is InChI=1S/C22H23N3O4S3/c1-30-15-13-19(25-32(28,29)18-6-3-2-4-7-18)21(26)23-16-9-11-17(12-10-16)24-22(27)20-8-5-14-31-20/h2-12,14,19,25H,13,15H2,1H3,(H,23,26)(H,24,27). The first kappa shape index (κ1) is 24.0. The van der Waals surface area contributed by atoms with Gasteiger partial charge in [-0.05, 0) is 66.3 Å². The number of thioether (sulfide) groups is 1. The number of amides is 2. The van der Waals surface area contributed by atoms with E-state index < -0.39 is 22.0 Å². The van der Waals surface area contributed by atoms with Gasteiger partial charge in [0.25, 0.3) is 5.91 Å². The van der Waals surface area contributed by atoms with Crippen molar-refractivity contribution in [3.8, 4) is 0 Å². The zero-order valence-corrected chi connectivity index (χ0v) is 19.7. The third-order valence-electron chi connectivity index (χ3n) is 4.43. The maximum atomic E-state index is 12.8. The zero-order chi connectivity index (χ0) is 23.0. The number of carbonyl (C=O) groups excluding carboxylic acids is 2. The third-order valence-corrected chi connectivity index (χ3v) is 7.43. The van der Waals surface area contributed by atoms with Crippen molar-refractivity contribution < 1.29 is 18.0 Å². The van der Waals surface area contributed by atoms with Gasteiger partial charge >= 0.3 is 0 Å². The first-order valence-corrected chi connectivity index (χ1v) is 13.5. The Morgan fingerprint density at radius 3 is 2.19 bits per heavy atom. The van der Waals surface area contributed by atoms with Crippen LogP contribution >= 0.6 is 23.1 Å². The number of rotatable bonds is 10. The van der Waals surface area contributed by atoms with E-state index >= 15 is 0 Å². The highest BCUT2D eigenvalue weighted by Crippen LogP contribution is 2.17. The molecule has 0 fully saturated rings. The highest BCUT2D eigenvalue weighted by molar-refractivity contribution is 7.98. The van der Waals surface area contributed by atoms with Crippen LogP contribution < -0.4 is 15.4 Å². The lowest BCUT2D eigenvalue weighted by molar-refractivity contribution is -0.117. The molecule has 2 amide bonds. The molecule has 3 N–H and O–H groups in total. The summed E-state index contributed by atoms with van der Waals surface area (Å²) in [6.07, 6.45) is 2.23. The van der Waals surface area contributed by atoms with Gasteiger partial charge in [0, 0.05) is 11.4 Å². The molecule has 168 valence electrons. The number of carbonyl (C=O) groups is 2. The Morgan fingerprint density at radius 2 is 1.59 bits per heavy atom. The lowest BCUT2D eigenvalue weighted by atomic mass is 10.2. The fraction of sp³-hybridized carbons (Fsp3) is 0.182. The molecule has 1 heterocycles. The number of sulfonamides is 1. The number of hydrogen-bond acceptors (Lipinski definition) is 6. The summed E-state index contributed by atoms with van der Waals surface area (Å²) in [7, 11) is -3.84. The van der Waals surface area contributed by atoms with Gasteiger partial charge in [-0.2, -0.15) is 16.5 Å². The predicted octanol–water partition coefficient (Wildman–Crippen LogP) is 4.04. The second-order valence-corrected chi connectivity index (χ2v) is 10.4. The molecule has 2 aromatic carbocycles. The molecule has 0 saturated carbocycles. The van der Waals surface area contributed by atoms with Crippen molar-refractivity contribution in [2.75, 3.05) is 22.6 Å². The molecule has 0 bridgehead atoms. The molecular formula is C22H23N3O4S3. The van der Waals surface area contributed by atoms with E-state index in [1.807, 2.05) is 11.6 Å². The smallest absolute Gasteiger partial charge is 0.265 e. The highest BCUT2D eigenvalue weighted by atomic mass is 32.2. The van der Waals surface area contributed by atoms with E-state index in [9.17, 15) is 18.0 Å². The largest absolute Gasteiger partial charge is 0.325 e. The first-order chi connectivity index (χ1) is 15.4. The van der Waals surface area contributed by atoms with E-state index in [4.69, 9.17) is 0 Å². The number of thiophene rings is 1. The van der Waals surface area contributed by atoms with E-state index in [1.54, 1.807) is 54.6 Å². The molecule has 0 aliphatic heterocycles. The third kappa shape index (κ3) is 6.67. The minimum absolute atomic E-state index is 0.104. The van der Waals surface area contributed by atoms with Crippen LogP contribution in [0.15, 0.2) is 77.0 Å². The van der Waals surface area contributed by atoms with Crippen molar-refractivity contribution in [2.24, 2.45) is 0 Å². The molecule has 0 saturated heterocycles. The molecule has 32 heavy (non-hydrogen) atoms. The Morgan fingerprint density at radius 1 is 0.938 bits per heavy atom. The van der Waals surface area contributed by atoms with Crippen molar-refractivity contribution in [2.45, 2.75) is 17.4 Å². The van der Waals surface area contributed by atoms with Crippen molar-refractivity contribution in [1.29, 1.82) is 0 Å². The Bertz CT molecular complexity index is 1130. The fourth-order valence-electron chi connectivity index (χ4n) is 2.80. The highest BCUT2D eigenvalue weighted by Gasteiger charge is 2.25. The molecule has 0 radical (unpaired) electrons. The fourth-order valence-corrected chi connectivity index (χ4v) is 5.14. The van der Waals surface area contributed by atoms with Crippen molar-refractivity contribution in [3.05, 3.63) is 77.0 Å². The molecule has 3 rings (SSSR count). The van der Waals surface area contributed by atoms with E-state index in [-0.39, 0.29) is 10.8 Å². The maximum absolute atomic E-state index is 12.8. The van der Waals surface area contributed by atoms with Crippen molar-refractivity contribution in [3.63, 3.8) is 0 Å². The molecular weight excluding hydrogens is 466 g/mol. The summed E-state index contributed by atoms with van der Waals surface area (Å²) in [5.74, 6) is -0.0403. The van der Waals surface area contributed by atoms with Gasteiger partial charge in [0.05, 0.1) is 9.77 Å². The molecule has 1 atom stereocenters. The van der Waals surface area contributed by atoms with Crippen LogP contribution in [-0.4, -0.2) is 38.3 Å². The second-order valence-electron chi connectivity index (χ2n) is 6.77. The SMILES string of the molecule is CSCCC(NS(=O)(=O)c1ccccc1)C(=O)Nc1ccc(NC(=O)c2cccs2)cc1. The van der Waals surface area contributed by atoms with Crippen LogP contribution in [-0.2, 0) is 14.8 Å². The van der Waals surface area contributed by atoms with Gasteiger partial charge in [0.15, 0.2) is 0 Å². The van der Waals surface area contributed by atoms with Crippen LogP contribution in [0.3, 0.4) is 0 Å². The van der Waals surface area contributed by atoms with Gasteiger partial charge in [-0.15, -0.1) is 11.3 Å². The van der Waals surface area contributed by atoms with Crippen LogP contribution in [0.25, 0.3) is 0 Å². The Labute approximate surface area is 195 Å². The van der Waals surface area contributed by atoms with Crippen LogP contribution in [0, 0.1) is 0 Å². The van der Waals surface area contributed by atoms with Crippen LogP contribution in [0.2, 0.25) is 0 Å². The molecule has 0 spiro atoms. The first-order valence-electron chi connectivity index (χ1n) is 9.71. The van der Waals surface area contributed by atoms with Gasteiger partial charge in [0.2, 0.25) is 15.9 Å². The Kier molecular flexibility index (Phi) is 8.46. The summed E-state index contributed by atoms with van der Waals surface area (Å²) >= 11 is 2.88. The number of benzene rings is 2. The Balaban J connectivity index is 1.66. The molecule has 1 unspecified atom stereocenters. The molecule has 7 nitrogen and oxygen atoms in total. The Hall–Kier alpha value is -2.66. The van der Waals surface area contributed by atoms with Crippen molar-refractivity contribution in [1.82, 2.24) is 4.72 Å². The molecule has 3 aromatic rings. The number of nitrogens with one attached hydrogen (secondary N) is 3. The summed E-state index contributed by atoms with van der Waals surface area (Å²) in [6.45, 7) is 0. The summed E-state index contributed by atoms with van der Waals surface area (Å²) in [6, 6.07) is 17.2. The lowest BCUT2D eigenvalue weighted by Gasteiger charge is -2.18. The number of hydrogen-bond donors (Lipinski definition) is 3. The van der Waals surface area contributed by atoms with Crippen LogP contribution in [0.5, 0.6) is 0 Å². The van der Waals surface area contributed by atoms with E-state index in [0.29, 0.717) is 28.4 Å². The quantitative estimate of drug-likeness (QED) is 0.399. The molecule has 1 aromatic heterocycles. The van der Waals surface area contributed by atoms with Gasteiger partial charge in [-0.25, -0.2) is 8.42 Å².